The number of ether oxygens (including phenoxy) is 2. The second-order valence-corrected chi connectivity index (χ2v) is 5.62. The predicted octanol–water partition coefficient (Wildman–Crippen LogP) is 4.71. The molecule has 0 unspecified atom stereocenters. The summed E-state index contributed by atoms with van der Waals surface area (Å²) in [6, 6.07) is 18.2. The van der Waals surface area contributed by atoms with E-state index in [2.05, 4.69) is 39.3 Å². The summed E-state index contributed by atoms with van der Waals surface area (Å²) in [4.78, 5) is 12.6. The van der Waals surface area contributed by atoms with Crippen LogP contribution in [0.15, 0.2) is 54.6 Å². The van der Waals surface area contributed by atoms with Crippen LogP contribution in [-0.2, 0) is 22.5 Å². The zero-order chi connectivity index (χ0) is 20.6. The van der Waals surface area contributed by atoms with Crippen LogP contribution >= 0.6 is 0 Å². The Hall–Kier alpha value is -2.79. The van der Waals surface area contributed by atoms with Crippen LogP contribution in [0, 0.1) is 0 Å². The van der Waals surface area contributed by atoms with Crippen LogP contribution in [0.4, 0.5) is 0 Å². The van der Waals surface area contributed by atoms with Crippen molar-refractivity contribution in [3.05, 3.63) is 65.9 Å². The first-order valence-electron chi connectivity index (χ1n) is 9.73. The molecule has 5 nitrogen and oxygen atoms in total. The minimum Gasteiger partial charge on any atom is -0.497 e. The second kappa shape index (κ2) is 14.3. The van der Waals surface area contributed by atoms with Gasteiger partial charge in [-0.2, -0.15) is 0 Å². The Morgan fingerprint density at radius 1 is 1.04 bits per heavy atom. The van der Waals surface area contributed by atoms with Crippen LogP contribution in [-0.4, -0.2) is 31.7 Å². The van der Waals surface area contributed by atoms with Gasteiger partial charge in [0.2, 0.25) is 0 Å². The number of hydrogen-bond donors (Lipinski definition) is 2. The number of fused-ring (bicyclic) bond motifs is 3. The number of carbonyl (C=O) groups is 1. The molecule has 0 aliphatic carbocycles. The largest absolute Gasteiger partial charge is 0.497 e. The fourth-order valence-corrected chi connectivity index (χ4v) is 2.74. The Morgan fingerprint density at radius 3 is 2.29 bits per heavy atom. The van der Waals surface area contributed by atoms with E-state index in [9.17, 15) is 4.79 Å². The number of hydrogen-bond acceptors (Lipinski definition) is 4. The van der Waals surface area contributed by atoms with E-state index in [0.717, 1.165) is 25.3 Å². The van der Waals surface area contributed by atoms with Crippen LogP contribution in [0.5, 0.6) is 5.75 Å². The predicted molar refractivity (Wildman–Crippen MR) is 116 cm³/mol. The van der Waals surface area contributed by atoms with Gasteiger partial charge < -0.3 is 19.8 Å². The van der Waals surface area contributed by atoms with Crippen molar-refractivity contribution in [2.45, 2.75) is 33.7 Å². The summed E-state index contributed by atoms with van der Waals surface area (Å²) >= 11 is 0. The van der Waals surface area contributed by atoms with Gasteiger partial charge in [-0.25, -0.2) is 0 Å². The van der Waals surface area contributed by atoms with Gasteiger partial charge in [0.25, 0.3) is 6.47 Å². The lowest BCUT2D eigenvalue weighted by Crippen LogP contribution is -2.22. The Balaban J connectivity index is 0.000000226. The third-order valence-electron chi connectivity index (χ3n) is 3.97. The van der Waals surface area contributed by atoms with Crippen molar-refractivity contribution in [1.29, 1.82) is 0 Å². The molecule has 1 aromatic heterocycles. The molecule has 3 aromatic rings. The Morgan fingerprint density at radius 2 is 1.71 bits per heavy atom. The SMILES string of the molecule is CC.CCOC=O.COc1ccccc1.c1ccc2c3c([nH]c2c1)CNCC3. The molecule has 0 saturated heterocycles. The van der Waals surface area contributed by atoms with Crippen LogP contribution < -0.4 is 10.1 Å². The summed E-state index contributed by atoms with van der Waals surface area (Å²) in [5.74, 6) is 0.910. The molecule has 0 amide bonds. The topological polar surface area (TPSA) is 63.4 Å². The summed E-state index contributed by atoms with van der Waals surface area (Å²) in [5.41, 5.74) is 4.15. The normalized spacial score (nSPS) is 11.3. The smallest absolute Gasteiger partial charge is 0.293 e. The molecule has 0 atom stereocenters. The molecule has 152 valence electrons. The minimum absolute atomic E-state index is 0.431. The first kappa shape index (κ1) is 23.2. The highest BCUT2D eigenvalue weighted by Gasteiger charge is 2.13. The zero-order valence-electron chi connectivity index (χ0n) is 17.3. The Labute approximate surface area is 168 Å². The molecule has 5 heteroatoms. The lowest BCUT2D eigenvalue weighted by atomic mass is 10.1. The molecule has 2 N–H and O–H groups in total. The number of H-pyrrole nitrogens is 1. The summed E-state index contributed by atoms with van der Waals surface area (Å²) in [7, 11) is 1.66. The van der Waals surface area contributed by atoms with Crippen LogP contribution in [0.2, 0.25) is 0 Å². The molecule has 0 spiro atoms. The first-order valence-corrected chi connectivity index (χ1v) is 9.73. The molecular formula is C23H32N2O3. The van der Waals surface area contributed by atoms with Gasteiger partial charge in [0.05, 0.1) is 13.7 Å². The second-order valence-electron chi connectivity index (χ2n) is 5.62. The van der Waals surface area contributed by atoms with E-state index < -0.39 is 0 Å². The number of benzene rings is 2. The molecule has 1 aliphatic rings. The van der Waals surface area contributed by atoms with Gasteiger partial charge in [0, 0.05) is 23.1 Å². The molecule has 4 rings (SSSR count). The van der Waals surface area contributed by atoms with Gasteiger partial charge in [-0.1, -0.05) is 50.2 Å². The average molecular weight is 385 g/mol. The molecule has 0 bridgehead atoms. The molecule has 2 heterocycles. The average Bonchev–Trinajstić information content (AvgIpc) is 3.16. The number of aromatic nitrogens is 1. The van der Waals surface area contributed by atoms with E-state index in [1.54, 1.807) is 14.0 Å². The Bertz CT molecular complexity index is 785. The number of nitrogens with one attached hydrogen (secondary N) is 2. The lowest BCUT2D eigenvalue weighted by molar-refractivity contribution is -0.128. The van der Waals surface area contributed by atoms with Crippen molar-refractivity contribution in [2.75, 3.05) is 20.3 Å². The highest BCUT2D eigenvalue weighted by Crippen LogP contribution is 2.24. The molecule has 1 aliphatic heterocycles. The monoisotopic (exact) mass is 384 g/mol. The number of para-hydroxylation sites is 2. The van der Waals surface area contributed by atoms with E-state index in [4.69, 9.17) is 4.74 Å². The highest BCUT2D eigenvalue weighted by atomic mass is 16.5. The van der Waals surface area contributed by atoms with E-state index in [1.807, 2.05) is 44.2 Å². The summed E-state index contributed by atoms with van der Waals surface area (Å²) in [6.07, 6.45) is 1.15. The van der Waals surface area contributed by atoms with Crippen molar-refractivity contribution >= 4 is 17.4 Å². The molecule has 28 heavy (non-hydrogen) atoms. The first-order chi connectivity index (χ1) is 13.8. The number of carbonyl (C=O) groups excluding carboxylic acids is 1. The quantitative estimate of drug-likeness (QED) is 0.642. The van der Waals surface area contributed by atoms with Crippen molar-refractivity contribution < 1.29 is 14.3 Å². The van der Waals surface area contributed by atoms with E-state index in [0.29, 0.717) is 13.1 Å². The molecular weight excluding hydrogens is 352 g/mol. The third kappa shape index (κ3) is 7.45. The fourth-order valence-electron chi connectivity index (χ4n) is 2.74. The van der Waals surface area contributed by atoms with Crippen molar-refractivity contribution in [1.82, 2.24) is 10.3 Å². The van der Waals surface area contributed by atoms with Crippen LogP contribution in [0.1, 0.15) is 32.0 Å². The van der Waals surface area contributed by atoms with E-state index >= 15 is 0 Å². The van der Waals surface area contributed by atoms with Gasteiger partial charge in [-0.3, -0.25) is 4.79 Å². The van der Waals surface area contributed by atoms with Crippen LogP contribution in [0.25, 0.3) is 10.9 Å². The van der Waals surface area contributed by atoms with E-state index in [1.165, 1.54) is 22.2 Å². The van der Waals surface area contributed by atoms with Crippen LogP contribution in [0.3, 0.4) is 0 Å². The molecule has 0 radical (unpaired) electrons. The van der Waals surface area contributed by atoms with Gasteiger partial charge >= 0.3 is 0 Å². The summed E-state index contributed by atoms with van der Waals surface area (Å²) in [5, 5.41) is 4.77. The van der Waals surface area contributed by atoms with Crippen molar-refractivity contribution in [3.63, 3.8) is 0 Å². The lowest BCUT2D eigenvalue weighted by Gasteiger charge is -2.12. The Kier molecular flexibility index (Phi) is 11.9. The number of methoxy groups -OCH3 is 1. The summed E-state index contributed by atoms with van der Waals surface area (Å²) < 4.78 is 9.07. The molecule has 0 saturated carbocycles. The maximum absolute atomic E-state index is 9.18. The van der Waals surface area contributed by atoms with E-state index in [-0.39, 0.29) is 0 Å². The van der Waals surface area contributed by atoms with Crippen molar-refractivity contribution in [2.24, 2.45) is 0 Å². The minimum atomic E-state index is 0.431. The fraction of sp³-hybridized carbons (Fsp3) is 0.348. The van der Waals surface area contributed by atoms with Gasteiger partial charge in [-0.05, 0) is 43.7 Å². The van der Waals surface area contributed by atoms with Gasteiger partial charge in [0.1, 0.15) is 5.75 Å². The van der Waals surface area contributed by atoms with Gasteiger partial charge in [-0.15, -0.1) is 0 Å². The highest BCUT2D eigenvalue weighted by molar-refractivity contribution is 5.84. The summed E-state index contributed by atoms with van der Waals surface area (Å²) in [6.45, 7) is 8.76. The maximum atomic E-state index is 9.18. The maximum Gasteiger partial charge on any atom is 0.293 e. The number of rotatable bonds is 3. The van der Waals surface area contributed by atoms with Crippen molar-refractivity contribution in [3.8, 4) is 5.75 Å². The zero-order valence-corrected chi connectivity index (χ0v) is 17.3. The standard InChI is InChI=1S/C11H12N2.C7H8O.C3H6O2.C2H6/c1-2-4-10-8(3-1)9-5-6-12-7-11(9)13-10;1-8-7-5-3-2-4-6-7;1-2-5-3-4;1-2/h1-4,12-13H,5-7H2;2-6H,1H3;3H,2H2,1H3;1-2H3. The third-order valence-corrected chi connectivity index (χ3v) is 3.97. The number of aromatic amines is 1. The molecule has 2 aromatic carbocycles. The van der Waals surface area contributed by atoms with Gasteiger partial charge in [0.15, 0.2) is 0 Å². The molecule has 0 fully saturated rings.